The van der Waals surface area contributed by atoms with E-state index in [9.17, 15) is 5.21 Å². The van der Waals surface area contributed by atoms with Gasteiger partial charge in [-0.1, -0.05) is 56.3 Å². The van der Waals surface area contributed by atoms with Gasteiger partial charge in [0.2, 0.25) is 0 Å². The molecule has 2 aromatic carbocycles. The van der Waals surface area contributed by atoms with Crippen molar-refractivity contribution in [2.45, 2.75) is 39.5 Å². The second-order valence-electron chi connectivity index (χ2n) is 5.54. The SMILES string of the molecule is CC.CC1C(c2ccc(OCc3ccccc3)cc2)OCCN1O.Cl. The minimum atomic E-state index is -0.109. The van der Waals surface area contributed by atoms with Gasteiger partial charge in [-0.2, -0.15) is 5.06 Å². The average Bonchev–Trinajstić information content (AvgIpc) is 2.65. The Morgan fingerprint density at radius 3 is 2.36 bits per heavy atom. The van der Waals surface area contributed by atoms with E-state index in [2.05, 4.69) is 0 Å². The normalized spacial score (nSPS) is 20.0. The lowest BCUT2D eigenvalue weighted by Gasteiger charge is -2.35. The van der Waals surface area contributed by atoms with Crippen LogP contribution in [0.4, 0.5) is 0 Å². The molecule has 0 saturated carbocycles. The molecule has 138 valence electrons. The van der Waals surface area contributed by atoms with Gasteiger partial charge in [-0.05, 0) is 30.2 Å². The van der Waals surface area contributed by atoms with Gasteiger partial charge in [0.15, 0.2) is 0 Å². The topological polar surface area (TPSA) is 41.9 Å². The lowest BCUT2D eigenvalue weighted by atomic mass is 10.0. The summed E-state index contributed by atoms with van der Waals surface area (Å²) in [5.74, 6) is 0.830. The van der Waals surface area contributed by atoms with Gasteiger partial charge in [-0.15, -0.1) is 12.4 Å². The predicted molar refractivity (Wildman–Crippen MR) is 102 cm³/mol. The minimum Gasteiger partial charge on any atom is -0.489 e. The molecule has 1 fully saturated rings. The van der Waals surface area contributed by atoms with Crippen LogP contribution >= 0.6 is 12.4 Å². The highest BCUT2D eigenvalue weighted by Crippen LogP contribution is 2.28. The van der Waals surface area contributed by atoms with Gasteiger partial charge in [0.05, 0.1) is 12.6 Å². The molecule has 2 atom stereocenters. The van der Waals surface area contributed by atoms with E-state index >= 15 is 0 Å². The van der Waals surface area contributed by atoms with Gasteiger partial charge in [-0.25, -0.2) is 0 Å². The second-order valence-corrected chi connectivity index (χ2v) is 5.54. The Labute approximate surface area is 156 Å². The molecule has 0 aliphatic carbocycles. The van der Waals surface area contributed by atoms with E-state index < -0.39 is 0 Å². The van der Waals surface area contributed by atoms with Gasteiger partial charge in [0.25, 0.3) is 0 Å². The van der Waals surface area contributed by atoms with E-state index in [0.29, 0.717) is 19.8 Å². The Hall–Kier alpha value is -1.59. The van der Waals surface area contributed by atoms with E-state index in [1.807, 2.05) is 75.4 Å². The van der Waals surface area contributed by atoms with Crippen molar-refractivity contribution in [3.05, 3.63) is 65.7 Å². The van der Waals surface area contributed by atoms with Crippen molar-refractivity contribution in [1.82, 2.24) is 5.06 Å². The third-order valence-corrected chi connectivity index (χ3v) is 3.98. The van der Waals surface area contributed by atoms with E-state index in [1.54, 1.807) is 0 Å². The first kappa shape index (κ1) is 21.5. The van der Waals surface area contributed by atoms with E-state index in [1.165, 1.54) is 5.06 Å². The van der Waals surface area contributed by atoms with Gasteiger partial charge < -0.3 is 14.7 Å². The van der Waals surface area contributed by atoms with Crippen LogP contribution in [0.15, 0.2) is 54.6 Å². The van der Waals surface area contributed by atoms with E-state index in [-0.39, 0.29) is 24.6 Å². The lowest BCUT2D eigenvalue weighted by Crippen LogP contribution is -2.43. The molecule has 2 aromatic rings. The molecule has 1 aliphatic heterocycles. The quantitative estimate of drug-likeness (QED) is 0.839. The molecule has 5 heteroatoms. The van der Waals surface area contributed by atoms with Crippen LogP contribution in [-0.2, 0) is 11.3 Å². The van der Waals surface area contributed by atoms with E-state index in [0.717, 1.165) is 16.9 Å². The predicted octanol–water partition coefficient (Wildman–Crippen LogP) is 4.86. The fourth-order valence-corrected chi connectivity index (χ4v) is 2.64. The van der Waals surface area contributed by atoms with Gasteiger partial charge in [-0.3, -0.25) is 0 Å². The number of hydrogen-bond donors (Lipinski definition) is 1. The fraction of sp³-hybridized carbons (Fsp3) is 0.400. The zero-order valence-corrected chi connectivity index (χ0v) is 15.9. The van der Waals surface area contributed by atoms with Crippen LogP contribution in [0.2, 0.25) is 0 Å². The molecule has 25 heavy (non-hydrogen) atoms. The van der Waals surface area contributed by atoms with Crippen molar-refractivity contribution in [2.75, 3.05) is 13.2 Å². The van der Waals surface area contributed by atoms with Crippen molar-refractivity contribution in [3.63, 3.8) is 0 Å². The van der Waals surface area contributed by atoms with Crippen molar-refractivity contribution in [1.29, 1.82) is 0 Å². The van der Waals surface area contributed by atoms with Gasteiger partial charge in [0, 0.05) is 6.54 Å². The first-order valence-corrected chi connectivity index (χ1v) is 8.58. The molecule has 2 unspecified atom stereocenters. The highest BCUT2D eigenvalue weighted by molar-refractivity contribution is 5.85. The fourth-order valence-electron chi connectivity index (χ4n) is 2.64. The van der Waals surface area contributed by atoms with Crippen LogP contribution in [-0.4, -0.2) is 29.5 Å². The second kappa shape index (κ2) is 11.1. The van der Waals surface area contributed by atoms with Crippen LogP contribution in [0.3, 0.4) is 0 Å². The van der Waals surface area contributed by atoms with Gasteiger partial charge in [0.1, 0.15) is 18.5 Å². The summed E-state index contributed by atoms with van der Waals surface area (Å²) in [5, 5.41) is 11.1. The van der Waals surface area contributed by atoms with Crippen molar-refractivity contribution >= 4 is 12.4 Å². The number of nitrogens with zero attached hydrogens (tertiary/aromatic N) is 1. The lowest BCUT2D eigenvalue weighted by molar-refractivity contribution is -0.204. The van der Waals surface area contributed by atoms with Crippen LogP contribution in [0, 0.1) is 0 Å². The summed E-state index contributed by atoms with van der Waals surface area (Å²) in [6.07, 6.45) is -0.109. The molecule has 4 nitrogen and oxygen atoms in total. The van der Waals surface area contributed by atoms with Crippen LogP contribution in [0.1, 0.15) is 38.0 Å². The molecule has 0 spiro atoms. The van der Waals surface area contributed by atoms with Crippen LogP contribution in [0.25, 0.3) is 0 Å². The standard InChI is InChI=1S/C18H21NO3.C2H6.ClH/c1-14-18(21-12-11-19(14)20)16-7-9-17(10-8-16)22-13-15-5-3-2-4-6-15;1-2;/h2-10,14,18,20H,11-13H2,1H3;1-2H3;1H. The third kappa shape index (κ3) is 6.01. The molecule has 0 amide bonds. The summed E-state index contributed by atoms with van der Waals surface area (Å²) in [7, 11) is 0. The Bertz CT molecular complexity index is 592. The maximum Gasteiger partial charge on any atom is 0.119 e. The maximum absolute atomic E-state index is 9.80. The van der Waals surface area contributed by atoms with Crippen molar-refractivity contribution < 1.29 is 14.7 Å². The number of rotatable bonds is 4. The minimum absolute atomic E-state index is 0. The Morgan fingerprint density at radius 2 is 1.72 bits per heavy atom. The highest BCUT2D eigenvalue weighted by Gasteiger charge is 2.28. The Morgan fingerprint density at radius 1 is 1.08 bits per heavy atom. The monoisotopic (exact) mass is 365 g/mol. The molecule has 1 N–H and O–H groups in total. The summed E-state index contributed by atoms with van der Waals surface area (Å²) in [5.41, 5.74) is 2.20. The molecular weight excluding hydrogens is 338 g/mol. The molecule has 1 heterocycles. The van der Waals surface area contributed by atoms with Crippen LogP contribution < -0.4 is 4.74 Å². The zero-order valence-electron chi connectivity index (χ0n) is 15.1. The summed E-state index contributed by atoms with van der Waals surface area (Å²) in [6.45, 7) is 7.61. The van der Waals surface area contributed by atoms with Crippen LogP contribution in [0.5, 0.6) is 5.75 Å². The first-order valence-electron chi connectivity index (χ1n) is 8.58. The summed E-state index contributed by atoms with van der Waals surface area (Å²) in [6, 6.07) is 17.9. The number of ether oxygens (including phenoxy) is 2. The molecule has 1 aliphatic rings. The third-order valence-electron chi connectivity index (χ3n) is 3.98. The summed E-state index contributed by atoms with van der Waals surface area (Å²) >= 11 is 0. The summed E-state index contributed by atoms with van der Waals surface area (Å²) < 4.78 is 11.6. The number of halogens is 1. The number of benzene rings is 2. The Balaban J connectivity index is 0.00000101. The summed E-state index contributed by atoms with van der Waals surface area (Å²) in [4.78, 5) is 0. The zero-order chi connectivity index (χ0) is 17.4. The molecule has 0 aromatic heterocycles. The van der Waals surface area contributed by atoms with E-state index in [4.69, 9.17) is 9.47 Å². The number of hydroxylamine groups is 2. The maximum atomic E-state index is 9.80. The van der Waals surface area contributed by atoms with Crippen molar-refractivity contribution in [2.24, 2.45) is 0 Å². The highest BCUT2D eigenvalue weighted by atomic mass is 35.5. The average molecular weight is 366 g/mol. The van der Waals surface area contributed by atoms with Gasteiger partial charge >= 0.3 is 0 Å². The largest absolute Gasteiger partial charge is 0.489 e. The first-order chi connectivity index (χ1) is 11.7. The number of morpholine rings is 1. The molecule has 0 bridgehead atoms. The smallest absolute Gasteiger partial charge is 0.119 e. The molecule has 0 radical (unpaired) electrons. The van der Waals surface area contributed by atoms with Crippen molar-refractivity contribution in [3.8, 4) is 5.75 Å². The molecule has 3 rings (SSSR count). The number of hydrogen-bond acceptors (Lipinski definition) is 4. The Kier molecular flexibility index (Phi) is 9.53. The molecule has 1 saturated heterocycles. The molecular formula is C20H28ClNO3.